The van der Waals surface area contributed by atoms with E-state index >= 15 is 0 Å². The molecule has 1 aliphatic rings. The van der Waals surface area contributed by atoms with Gasteiger partial charge < -0.3 is 10.2 Å². The van der Waals surface area contributed by atoms with Gasteiger partial charge in [-0.25, -0.2) is 13.6 Å². The van der Waals surface area contributed by atoms with Crippen LogP contribution in [0.2, 0.25) is 0 Å². The van der Waals surface area contributed by atoms with E-state index in [0.717, 1.165) is 31.5 Å². The number of hydrogen-bond donors (Lipinski definition) is 2. The molecule has 2 amide bonds. The maximum absolute atomic E-state index is 12.5. The van der Waals surface area contributed by atoms with Crippen LogP contribution in [0.15, 0.2) is 51.8 Å². The van der Waals surface area contributed by atoms with Crippen LogP contribution in [0.25, 0.3) is 0 Å². The summed E-state index contributed by atoms with van der Waals surface area (Å²) in [5, 5.41) is 7.87. The molecule has 0 spiro atoms. The zero-order valence-electron chi connectivity index (χ0n) is 15.0. The number of primary sulfonamides is 1. The van der Waals surface area contributed by atoms with Crippen molar-refractivity contribution in [3.63, 3.8) is 0 Å². The van der Waals surface area contributed by atoms with Crippen LogP contribution in [0.1, 0.15) is 39.1 Å². The molecular formula is C19H20BrN3O4S. The quantitative estimate of drug-likeness (QED) is 0.705. The number of carbonyl (C=O) groups is 2. The molecule has 0 aromatic heterocycles. The van der Waals surface area contributed by atoms with Gasteiger partial charge in [-0.1, -0.05) is 12.1 Å². The Bertz CT molecular complexity index is 1020. The summed E-state index contributed by atoms with van der Waals surface area (Å²) < 4.78 is 23.5. The van der Waals surface area contributed by atoms with Crippen molar-refractivity contribution in [2.24, 2.45) is 5.14 Å². The van der Waals surface area contributed by atoms with E-state index < -0.39 is 15.9 Å². The number of likely N-dealkylation sites (tertiary alicyclic amines) is 1. The average Bonchev–Trinajstić information content (AvgIpc) is 3.20. The van der Waals surface area contributed by atoms with Crippen LogP contribution in [0, 0.1) is 0 Å². The monoisotopic (exact) mass is 465 g/mol. The highest BCUT2D eigenvalue weighted by atomic mass is 79.9. The lowest BCUT2D eigenvalue weighted by Gasteiger charge is -2.16. The summed E-state index contributed by atoms with van der Waals surface area (Å²) in [6.07, 6.45) is 2.04. The molecule has 9 heteroatoms. The fourth-order valence-corrected chi connectivity index (χ4v) is 4.02. The average molecular weight is 466 g/mol. The highest BCUT2D eigenvalue weighted by Gasteiger charge is 2.20. The van der Waals surface area contributed by atoms with Gasteiger partial charge in [-0.3, -0.25) is 9.59 Å². The Hall–Kier alpha value is -2.23. The van der Waals surface area contributed by atoms with Crippen LogP contribution in [0.3, 0.4) is 0 Å². The van der Waals surface area contributed by atoms with Crippen LogP contribution in [0.4, 0.5) is 0 Å². The molecule has 1 saturated heterocycles. The van der Waals surface area contributed by atoms with E-state index in [4.69, 9.17) is 5.14 Å². The number of hydrogen-bond acceptors (Lipinski definition) is 4. The van der Waals surface area contributed by atoms with Crippen molar-refractivity contribution in [2.75, 3.05) is 13.1 Å². The van der Waals surface area contributed by atoms with Crippen molar-refractivity contribution < 1.29 is 18.0 Å². The molecular weight excluding hydrogens is 446 g/mol. The van der Waals surface area contributed by atoms with Gasteiger partial charge in [0.05, 0.1) is 10.5 Å². The molecule has 0 aliphatic carbocycles. The largest absolute Gasteiger partial charge is 0.348 e. The number of sulfonamides is 1. The van der Waals surface area contributed by atoms with Gasteiger partial charge in [-0.05, 0) is 64.7 Å². The third-order valence-corrected chi connectivity index (χ3v) is 6.13. The molecule has 7 nitrogen and oxygen atoms in total. The SMILES string of the molecule is NS(=O)(=O)c1ccc(Br)c(C(=O)NCc2cccc(C(=O)N3CCCC3)c2)c1. The number of rotatable bonds is 5. The van der Waals surface area contributed by atoms with Crippen molar-refractivity contribution in [3.8, 4) is 0 Å². The Morgan fingerprint density at radius 3 is 2.50 bits per heavy atom. The van der Waals surface area contributed by atoms with Gasteiger partial charge in [0.2, 0.25) is 10.0 Å². The lowest BCUT2D eigenvalue weighted by molar-refractivity contribution is 0.0792. The van der Waals surface area contributed by atoms with Gasteiger partial charge in [0, 0.05) is 29.7 Å². The van der Waals surface area contributed by atoms with Crippen molar-refractivity contribution in [3.05, 3.63) is 63.6 Å². The van der Waals surface area contributed by atoms with E-state index in [2.05, 4.69) is 21.2 Å². The maximum Gasteiger partial charge on any atom is 0.253 e. The minimum atomic E-state index is -3.91. The van der Waals surface area contributed by atoms with E-state index in [1.54, 1.807) is 18.2 Å². The van der Waals surface area contributed by atoms with Crippen LogP contribution >= 0.6 is 15.9 Å². The van der Waals surface area contributed by atoms with Gasteiger partial charge in [-0.15, -0.1) is 0 Å². The van der Waals surface area contributed by atoms with E-state index in [-0.39, 0.29) is 22.9 Å². The Balaban J connectivity index is 1.71. The van der Waals surface area contributed by atoms with Crippen molar-refractivity contribution in [1.82, 2.24) is 10.2 Å². The first-order valence-electron chi connectivity index (χ1n) is 8.74. The van der Waals surface area contributed by atoms with E-state index in [1.165, 1.54) is 18.2 Å². The van der Waals surface area contributed by atoms with Crippen molar-refractivity contribution >= 4 is 37.8 Å². The van der Waals surface area contributed by atoms with Gasteiger partial charge in [0.25, 0.3) is 11.8 Å². The first-order valence-corrected chi connectivity index (χ1v) is 11.1. The number of nitrogens with zero attached hydrogens (tertiary/aromatic N) is 1. The Labute approximate surface area is 172 Å². The summed E-state index contributed by atoms with van der Waals surface area (Å²) in [4.78, 5) is 26.7. The Kier molecular flexibility index (Phi) is 6.17. The molecule has 1 heterocycles. The third-order valence-electron chi connectivity index (χ3n) is 4.53. The highest BCUT2D eigenvalue weighted by molar-refractivity contribution is 9.10. The molecule has 2 aromatic carbocycles. The molecule has 1 aliphatic heterocycles. The summed E-state index contributed by atoms with van der Waals surface area (Å²) in [7, 11) is -3.91. The normalized spacial score (nSPS) is 14.1. The van der Waals surface area contributed by atoms with Gasteiger partial charge in [-0.2, -0.15) is 0 Å². The molecule has 3 rings (SSSR count). The second kappa shape index (κ2) is 8.42. The first-order chi connectivity index (χ1) is 13.3. The molecule has 2 aromatic rings. The molecule has 0 saturated carbocycles. The van der Waals surface area contributed by atoms with Gasteiger partial charge in [0.15, 0.2) is 0 Å². The fraction of sp³-hybridized carbons (Fsp3) is 0.263. The van der Waals surface area contributed by atoms with E-state index in [9.17, 15) is 18.0 Å². The van der Waals surface area contributed by atoms with E-state index in [0.29, 0.717) is 10.0 Å². The first kappa shape index (κ1) is 20.5. The molecule has 148 valence electrons. The topological polar surface area (TPSA) is 110 Å². The fourth-order valence-electron chi connectivity index (χ4n) is 3.05. The van der Waals surface area contributed by atoms with Gasteiger partial charge in [0.1, 0.15) is 0 Å². The predicted octanol–water partition coefficient (Wildman–Crippen LogP) is 2.26. The van der Waals surface area contributed by atoms with E-state index in [1.807, 2.05) is 11.0 Å². The molecule has 0 radical (unpaired) electrons. The van der Waals surface area contributed by atoms with Crippen LogP contribution in [-0.4, -0.2) is 38.2 Å². The van der Waals surface area contributed by atoms with Crippen molar-refractivity contribution in [1.29, 1.82) is 0 Å². The summed E-state index contributed by atoms with van der Waals surface area (Å²) in [6, 6.07) is 11.1. The molecule has 1 fully saturated rings. The second-order valence-electron chi connectivity index (χ2n) is 6.57. The maximum atomic E-state index is 12.5. The lowest BCUT2D eigenvalue weighted by atomic mass is 10.1. The van der Waals surface area contributed by atoms with Crippen LogP contribution in [0.5, 0.6) is 0 Å². The summed E-state index contributed by atoms with van der Waals surface area (Å²) in [6.45, 7) is 1.74. The number of nitrogens with one attached hydrogen (secondary N) is 1. The lowest BCUT2D eigenvalue weighted by Crippen LogP contribution is -2.28. The highest BCUT2D eigenvalue weighted by Crippen LogP contribution is 2.21. The Morgan fingerprint density at radius 1 is 1.11 bits per heavy atom. The smallest absolute Gasteiger partial charge is 0.253 e. The number of benzene rings is 2. The number of halogens is 1. The zero-order chi connectivity index (χ0) is 20.3. The zero-order valence-corrected chi connectivity index (χ0v) is 17.4. The summed E-state index contributed by atoms with van der Waals surface area (Å²) in [5.41, 5.74) is 1.53. The second-order valence-corrected chi connectivity index (χ2v) is 8.98. The van der Waals surface area contributed by atoms with Crippen LogP contribution < -0.4 is 10.5 Å². The minimum absolute atomic E-state index is 0.00530. The van der Waals surface area contributed by atoms with Gasteiger partial charge >= 0.3 is 0 Å². The molecule has 0 unspecified atom stereocenters. The predicted molar refractivity (Wildman–Crippen MR) is 108 cm³/mol. The summed E-state index contributed by atoms with van der Waals surface area (Å²) in [5.74, 6) is -0.456. The molecule has 0 bridgehead atoms. The van der Waals surface area contributed by atoms with Crippen molar-refractivity contribution in [2.45, 2.75) is 24.3 Å². The number of amides is 2. The number of carbonyl (C=O) groups excluding carboxylic acids is 2. The summed E-state index contributed by atoms with van der Waals surface area (Å²) >= 11 is 3.25. The molecule has 28 heavy (non-hydrogen) atoms. The Morgan fingerprint density at radius 2 is 1.82 bits per heavy atom. The third kappa shape index (κ3) is 4.78. The standard InChI is InChI=1S/C19H20BrN3O4S/c20-17-7-6-15(28(21,26)27)11-16(17)18(24)22-12-13-4-3-5-14(10-13)19(25)23-8-1-2-9-23/h3-7,10-11H,1-2,8-9,12H2,(H,22,24)(H2,21,26,27). The molecule has 3 N–H and O–H groups in total. The van der Waals surface area contributed by atoms with Crippen LogP contribution in [-0.2, 0) is 16.6 Å². The molecule has 0 atom stereocenters. The number of nitrogens with two attached hydrogens (primary N) is 1. The minimum Gasteiger partial charge on any atom is -0.348 e.